The first kappa shape index (κ1) is 13.1. The summed E-state index contributed by atoms with van der Waals surface area (Å²) in [5.74, 6) is -0.395. The van der Waals surface area contributed by atoms with Crippen molar-refractivity contribution in [3.05, 3.63) is 35.4 Å². The van der Waals surface area contributed by atoms with E-state index in [0.29, 0.717) is 0 Å². The molecule has 4 nitrogen and oxygen atoms in total. The van der Waals surface area contributed by atoms with Gasteiger partial charge in [0.1, 0.15) is 10.8 Å². The molecule has 1 aromatic carbocycles. The number of hydrogen-bond acceptors (Lipinski definition) is 4. The van der Waals surface area contributed by atoms with E-state index in [-0.39, 0.29) is 5.75 Å². The van der Waals surface area contributed by atoms with Crippen molar-refractivity contribution < 1.29 is 8.42 Å². The van der Waals surface area contributed by atoms with E-state index in [0.717, 1.165) is 11.1 Å². The molecule has 2 rings (SSSR count). The molecule has 5 heteroatoms. The van der Waals surface area contributed by atoms with Crippen molar-refractivity contribution in [1.29, 1.82) is 5.26 Å². The number of nitrogens with two attached hydrogens (primary N) is 1. The van der Waals surface area contributed by atoms with Gasteiger partial charge in [-0.2, -0.15) is 5.26 Å². The highest BCUT2D eigenvalue weighted by Gasteiger charge is 2.69. The Morgan fingerprint density at radius 3 is 2.39 bits per heavy atom. The molecule has 0 bridgehead atoms. The Morgan fingerprint density at radius 1 is 1.39 bits per heavy atom. The van der Waals surface area contributed by atoms with E-state index in [1.54, 1.807) is 6.92 Å². The summed E-state index contributed by atoms with van der Waals surface area (Å²) in [5.41, 5.74) is 6.57. The first-order valence-corrected chi connectivity index (χ1v) is 7.56. The van der Waals surface area contributed by atoms with Gasteiger partial charge in [0.25, 0.3) is 0 Å². The van der Waals surface area contributed by atoms with E-state index in [4.69, 9.17) is 11.0 Å². The van der Waals surface area contributed by atoms with Gasteiger partial charge in [-0.25, -0.2) is 8.42 Å². The second-order valence-corrected chi connectivity index (χ2v) is 7.22. The summed E-state index contributed by atoms with van der Waals surface area (Å²) in [6, 6.07) is 9.48. The minimum absolute atomic E-state index is 0.0145. The third-order valence-corrected chi connectivity index (χ3v) is 5.84. The molecule has 0 heterocycles. The number of sulfone groups is 1. The van der Waals surface area contributed by atoms with Crippen LogP contribution in [-0.4, -0.2) is 25.0 Å². The van der Waals surface area contributed by atoms with E-state index in [1.807, 2.05) is 37.3 Å². The molecule has 96 valence electrons. The molecular formula is C13H16N2O2S. The third-order valence-electron chi connectivity index (χ3n) is 3.60. The maximum Gasteiger partial charge on any atom is 0.156 e. The summed E-state index contributed by atoms with van der Waals surface area (Å²) >= 11 is 0. The quantitative estimate of drug-likeness (QED) is 0.886. The van der Waals surface area contributed by atoms with Gasteiger partial charge >= 0.3 is 0 Å². The first-order chi connectivity index (χ1) is 8.36. The van der Waals surface area contributed by atoms with Crippen molar-refractivity contribution in [2.75, 3.05) is 5.75 Å². The maximum atomic E-state index is 12.0. The zero-order valence-electron chi connectivity index (χ0n) is 10.4. The number of nitriles is 1. The number of aryl methyl sites for hydroxylation is 1. The largest absolute Gasteiger partial charge is 0.312 e. The predicted octanol–water partition coefficient (Wildman–Crippen LogP) is 1.12. The van der Waals surface area contributed by atoms with Gasteiger partial charge in [-0.15, -0.1) is 0 Å². The number of nitrogens with zero attached hydrogens (tertiary/aromatic N) is 1. The van der Waals surface area contributed by atoms with E-state index in [1.165, 1.54) is 0 Å². The van der Waals surface area contributed by atoms with Crippen molar-refractivity contribution in [2.24, 2.45) is 5.73 Å². The average Bonchev–Trinajstić information content (AvgIpc) is 2.98. The van der Waals surface area contributed by atoms with Crippen LogP contribution in [-0.2, 0) is 9.84 Å². The molecular weight excluding hydrogens is 248 g/mol. The second kappa shape index (κ2) is 4.08. The fraction of sp³-hybridized carbons (Fsp3) is 0.462. The van der Waals surface area contributed by atoms with Crippen molar-refractivity contribution in [3.8, 4) is 6.07 Å². The van der Waals surface area contributed by atoms with Crippen LogP contribution in [0.3, 0.4) is 0 Å². The van der Waals surface area contributed by atoms with Crippen LogP contribution < -0.4 is 5.73 Å². The van der Waals surface area contributed by atoms with Crippen molar-refractivity contribution in [2.45, 2.75) is 30.6 Å². The van der Waals surface area contributed by atoms with E-state index in [2.05, 4.69) is 0 Å². The van der Waals surface area contributed by atoms with Gasteiger partial charge in [0.15, 0.2) is 9.84 Å². The van der Waals surface area contributed by atoms with Gasteiger partial charge in [-0.1, -0.05) is 36.8 Å². The highest BCUT2D eigenvalue weighted by molar-refractivity contribution is 7.92. The Balaban J connectivity index is 2.41. The van der Waals surface area contributed by atoms with Gasteiger partial charge < -0.3 is 5.73 Å². The fourth-order valence-corrected chi connectivity index (χ4v) is 4.29. The Bertz CT molecular complexity index is 601. The Hall–Kier alpha value is -1.38. The van der Waals surface area contributed by atoms with Gasteiger partial charge in [0, 0.05) is 11.7 Å². The molecule has 18 heavy (non-hydrogen) atoms. The predicted molar refractivity (Wildman–Crippen MR) is 69.7 cm³/mol. The Morgan fingerprint density at radius 2 is 1.94 bits per heavy atom. The lowest BCUT2D eigenvalue weighted by Crippen LogP contribution is -2.29. The lowest BCUT2D eigenvalue weighted by molar-refractivity contribution is 0.593. The zero-order valence-corrected chi connectivity index (χ0v) is 11.2. The maximum absolute atomic E-state index is 12.0. The summed E-state index contributed by atoms with van der Waals surface area (Å²) in [6.45, 7) is 3.54. The third kappa shape index (κ3) is 1.82. The molecule has 1 saturated carbocycles. The highest BCUT2D eigenvalue weighted by Crippen LogP contribution is 2.53. The summed E-state index contributed by atoms with van der Waals surface area (Å²) < 4.78 is 23.9. The standard InChI is InChI=1S/C13H16N2O2S/c1-3-18(16,17)12-11(13(12,15)8-14)10-6-4-9(2)5-7-10/h4-7,11-12H,3,15H2,1-2H3/t11-,12+,13+/m1/s1. The average molecular weight is 264 g/mol. The van der Waals surface area contributed by atoms with Gasteiger partial charge in [-0.3, -0.25) is 0 Å². The molecule has 0 aromatic heterocycles. The molecule has 1 aliphatic carbocycles. The smallest absolute Gasteiger partial charge is 0.156 e. The fourth-order valence-electron chi connectivity index (χ4n) is 2.42. The van der Waals surface area contributed by atoms with Crippen LogP contribution in [0.4, 0.5) is 0 Å². The summed E-state index contributed by atoms with van der Waals surface area (Å²) in [5, 5.41) is 8.37. The Kier molecular flexibility index (Phi) is 2.96. The van der Waals surface area contributed by atoms with Crippen LogP contribution >= 0.6 is 0 Å². The second-order valence-electron chi connectivity index (χ2n) is 4.81. The molecule has 0 aliphatic heterocycles. The topological polar surface area (TPSA) is 83.9 Å². The summed E-state index contributed by atoms with van der Waals surface area (Å²) in [6.07, 6.45) is 0. The molecule has 0 spiro atoms. The molecule has 1 aromatic rings. The number of rotatable bonds is 3. The Labute approximate surface area is 107 Å². The highest BCUT2D eigenvalue weighted by atomic mass is 32.2. The SMILES string of the molecule is CCS(=O)(=O)[C@H]1[C@@H](c2ccc(C)cc2)[C@@]1(N)C#N. The van der Waals surface area contributed by atoms with Crippen LogP contribution in [0, 0.1) is 18.3 Å². The molecule has 0 radical (unpaired) electrons. The van der Waals surface area contributed by atoms with Crippen molar-refractivity contribution in [1.82, 2.24) is 0 Å². The van der Waals surface area contributed by atoms with Gasteiger partial charge in [0.05, 0.1) is 6.07 Å². The van der Waals surface area contributed by atoms with E-state index >= 15 is 0 Å². The summed E-state index contributed by atoms with van der Waals surface area (Å²) in [4.78, 5) is 0. The van der Waals surface area contributed by atoms with Crippen molar-refractivity contribution in [3.63, 3.8) is 0 Å². The first-order valence-electron chi connectivity index (χ1n) is 5.85. The van der Waals surface area contributed by atoms with E-state index < -0.39 is 26.5 Å². The number of hydrogen-bond donors (Lipinski definition) is 1. The van der Waals surface area contributed by atoms with Crippen LogP contribution in [0.1, 0.15) is 24.0 Å². The molecule has 0 saturated heterocycles. The van der Waals surface area contributed by atoms with Gasteiger partial charge in [0.2, 0.25) is 0 Å². The molecule has 1 fully saturated rings. The lowest BCUT2D eigenvalue weighted by atomic mass is 10.1. The molecule has 0 unspecified atom stereocenters. The number of benzene rings is 1. The monoisotopic (exact) mass is 264 g/mol. The van der Waals surface area contributed by atoms with Crippen LogP contribution in [0.5, 0.6) is 0 Å². The van der Waals surface area contributed by atoms with Gasteiger partial charge in [-0.05, 0) is 12.5 Å². The molecule has 1 aliphatic rings. The minimum atomic E-state index is -3.30. The summed E-state index contributed by atoms with van der Waals surface area (Å²) in [7, 11) is -3.30. The van der Waals surface area contributed by atoms with Crippen LogP contribution in [0.15, 0.2) is 24.3 Å². The lowest BCUT2D eigenvalue weighted by Gasteiger charge is -2.01. The normalized spacial score (nSPS) is 30.8. The van der Waals surface area contributed by atoms with Crippen LogP contribution in [0.25, 0.3) is 0 Å². The zero-order chi connectivity index (χ0) is 13.6. The van der Waals surface area contributed by atoms with Crippen LogP contribution in [0.2, 0.25) is 0 Å². The van der Waals surface area contributed by atoms with E-state index in [9.17, 15) is 8.42 Å². The molecule has 3 atom stereocenters. The molecule has 2 N–H and O–H groups in total. The van der Waals surface area contributed by atoms with Crippen molar-refractivity contribution >= 4 is 9.84 Å². The molecule has 0 amide bonds. The minimum Gasteiger partial charge on any atom is -0.312 e.